The minimum absolute atomic E-state index is 0.0830. The molecule has 1 aliphatic heterocycles. The molecule has 0 amide bonds. The van der Waals surface area contributed by atoms with E-state index in [0.29, 0.717) is 11.3 Å². The molecule has 1 aromatic heterocycles. The number of methoxy groups -OCH3 is 1. The highest BCUT2D eigenvalue weighted by atomic mass is 16.5. The molecule has 0 unspecified atom stereocenters. The van der Waals surface area contributed by atoms with E-state index in [9.17, 15) is 4.79 Å². The van der Waals surface area contributed by atoms with Gasteiger partial charge in [-0.3, -0.25) is 9.78 Å². The summed E-state index contributed by atoms with van der Waals surface area (Å²) in [5.41, 5.74) is 5.64. The molecule has 4 nitrogen and oxygen atoms in total. The molecule has 0 saturated heterocycles. The zero-order valence-electron chi connectivity index (χ0n) is 16.9. The van der Waals surface area contributed by atoms with Crippen LogP contribution >= 0.6 is 0 Å². The summed E-state index contributed by atoms with van der Waals surface area (Å²) < 4.78 is 5.37. The molecule has 2 aromatic carbocycles. The molecule has 0 aliphatic carbocycles. The average molecular weight is 384 g/mol. The zero-order valence-corrected chi connectivity index (χ0v) is 16.9. The summed E-state index contributed by atoms with van der Waals surface area (Å²) in [5.74, 6) is 0.495. The first-order chi connectivity index (χ1) is 14.0. The smallest absolute Gasteiger partial charge is 0.191 e. The number of pyridine rings is 1. The number of ketones is 1. The summed E-state index contributed by atoms with van der Waals surface area (Å²) in [6.07, 6.45) is 6.19. The molecule has 0 atom stereocenters. The van der Waals surface area contributed by atoms with Crippen LogP contribution < -0.4 is 10.1 Å². The van der Waals surface area contributed by atoms with Gasteiger partial charge in [0.25, 0.3) is 0 Å². The second kappa shape index (κ2) is 7.55. The van der Waals surface area contributed by atoms with Crippen LogP contribution in [0.15, 0.2) is 73.1 Å². The first-order valence-electron chi connectivity index (χ1n) is 9.68. The number of carbonyl (C=O) groups excluding carboxylic acids is 1. The van der Waals surface area contributed by atoms with Gasteiger partial charge in [0.2, 0.25) is 0 Å². The van der Waals surface area contributed by atoms with Crippen molar-refractivity contribution in [2.24, 2.45) is 0 Å². The van der Waals surface area contributed by atoms with Crippen LogP contribution in [0.4, 0.5) is 0 Å². The number of para-hydroxylation sites is 1. The Hall–Kier alpha value is -3.40. The van der Waals surface area contributed by atoms with Gasteiger partial charge < -0.3 is 10.1 Å². The van der Waals surface area contributed by atoms with Crippen LogP contribution in [0.25, 0.3) is 16.8 Å². The van der Waals surface area contributed by atoms with Crippen LogP contribution in [0.2, 0.25) is 0 Å². The van der Waals surface area contributed by atoms with Gasteiger partial charge in [-0.05, 0) is 55.7 Å². The van der Waals surface area contributed by atoms with Gasteiger partial charge in [0.1, 0.15) is 5.75 Å². The standard InChI is InChI=1S/C25H24N2O2/c1-25(2)15-18-11-10-17(19-7-6-12-26-16-19)13-21(18)22(27-25)14-23(28)20-8-4-5-9-24(20)29-3/h4-14,16,27H,15H2,1-3H3/b22-14-. The Balaban J connectivity index is 1.80. The van der Waals surface area contributed by atoms with Crippen LogP contribution in [0.3, 0.4) is 0 Å². The monoisotopic (exact) mass is 384 g/mol. The van der Waals surface area contributed by atoms with E-state index in [1.54, 1.807) is 31.5 Å². The molecule has 0 bridgehead atoms. The third-order valence-corrected chi connectivity index (χ3v) is 5.15. The van der Waals surface area contributed by atoms with E-state index in [1.807, 2.05) is 30.5 Å². The molecule has 29 heavy (non-hydrogen) atoms. The molecule has 0 spiro atoms. The first kappa shape index (κ1) is 18.9. The van der Waals surface area contributed by atoms with E-state index in [-0.39, 0.29) is 11.3 Å². The lowest BCUT2D eigenvalue weighted by molar-refractivity contribution is 0.104. The molecule has 3 aromatic rings. The molecular formula is C25H24N2O2. The largest absolute Gasteiger partial charge is 0.496 e. The van der Waals surface area contributed by atoms with E-state index < -0.39 is 0 Å². The third-order valence-electron chi connectivity index (χ3n) is 5.15. The molecule has 1 aliphatic rings. The van der Waals surface area contributed by atoms with Crippen LogP contribution in [0.5, 0.6) is 5.75 Å². The fraction of sp³-hybridized carbons (Fsp3) is 0.200. The Bertz CT molecular complexity index is 1080. The van der Waals surface area contributed by atoms with E-state index in [2.05, 4.69) is 42.3 Å². The normalized spacial score (nSPS) is 16.0. The number of nitrogens with zero attached hydrogens (tertiary/aromatic N) is 1. The number of allylic oxidation sites excluding steroid dienone is 1. The highest BCUT2D eigenvalue weighted by Crippen LogP contribution is 2.33. The van der Waals surface area contributed by atoms with Crippen molar-refractivity contribution in [3.63, 3.8) is 0 Å². The van der Waals surface area contributed by atoms with Crippen molar-refractivity contribution in [3.8, 4) is 16.9 Å². The predicted molar refractivity (Wildman–Crippen MR) is 116 cm³/mol. The topological polar surface area (TPSA) is 51.2 Å². The highest BCUT2D eigenvalue weighted by molar-refractivity contribution is 6.10. The zero-order chi connectivity index (χ0) is 20.4. The fourth-order valence-corrected chi connectivity index (χ4v) is 3.82. The lowest BCUT2D eigenvalue weighted by Gasteiger charge is -2.36. The highest BCUT2D eigenvalue weighted by Gasteiger charge is 2.28. The predicted octanol–water partition coefficient (Wildman–Crippen LogP) is 4.91. The number of benzene rings is 2. The maximum absolute atomic E-state index is 13.1. The maximum atomic E-state index is 13.1. The molecule has 2 heterocycles. The number of nitrogens with one attached hydrogen (secondary N) is 1. The fourth-order valence-electron chi connectivity index (χ4n) is 3.82. The number of rotatable bonds is 4. The SMILES string of the molecule is COc1ccccc1C(=O)/C=C1\NC(C)(C)Cc2ccc(-c3cccnc3)cc21. The van der Waals surface area contributed by atoms with E-state index in [1.165, 1.54) is 5.56 Å². The Morgan fingerprint density at radius 1 is 1.10 bits per heavy atom. The molecule has 4 heteroatoms. The summed E-state index contributed by atoms with van der Waals surface area (Å²) >= 11 is 0. The first-order valence-corrected chi connectivity index (χ1v) is 9.68. The van der Waals surface area contributed by atoms with Crippen molar-refractivity contribution in [1.29, 1.82) is 0 Å². The number of aromatic nitrogens is 1. The van der Waals surface area contributed by atoms with Gasteiger partial charge in [-0.15, -0.1) is 0 Å². The quantitative estimate of drug-likeness (QED) is 0.513. The van der Waals surface area contributed by atoms with Gasteiger partial charge in [0.15, 0.2) is 5.78 Å². The summed E-state index contributed by atoms with van der Waals surface area (Å²) in [6.45, 7) is 4.29. The number of fused-ring (bicyclic) bond motifs is 1. The average Bonchev–Trinajstić information content (AvgIpc) is 2.73. The minimum atomic E-state index is -0.143. The van der Waals surface area contributed by atoms with Crippen molar-refractivity contribution in [2.75, 3.05) is 7.11 Å². The number of hydrogen-bond donors (Lipinski definition) is 1. The summed E-state index contributed by atoms with van der Waals surface area (Å²) in [4.78, 5) is 17.3. The van der Waals surface area contributed by atoms with Crippen molar-refractivity contribution in [3.05, 3.63) is 89.8 Å². The number of ether oxygens (including phenoxy) is 1. The second-order valence-electron chi connectivity index (χ2n) is 7.92. The Kier molecular flexibility index (Phi) is 4.93. The van der Waals surface area contributed by atoms with Crippen molar-refractivity contribution in [1.82, 2.24) is 10.3 Å². The van der Waals surface area contributed by atoms with Gasteiger partial charge >= 0.3 is 0 Å². The molecule has 0 saturated carbocycles. The molecule has 0 radical (unpaired) electrons. The summed E-state index contributed by atoms with van der Waals surface area (Å²) in [7, 11) is 1.58. The molecule has 4 rings (SSSR count). The van der Waals surface area contributed by atoms with Crippen molar-refractivity contribution in [2.45, 2.75) is 25.8 Å². The molecule has 146 valence electrons. The number of hydrogen-bond acceptors (Lipinski definition) is 4. The van der Waals surface area contributed by atoms with Crippen LogP contribution in [-0.4, -0.2) is 23.4 Å². The van der Waals surface area contributed by atoms with Crippen molar-refractivity contribution >= 4 is 11.5 Å². The van der Waals surface area contributed by atoms with E-state index >= 15 is 0 Å². The Labute approximate surface area is 171 Å². The van der Waals surface area contributed by atoms with Gasteiger partial charge in [0.05, 0.1) is 12.7 Å². The van der Waals surface area contributed by atoms with Gasteiger partial charge in [-0.2, -0.15) is 0 Å². The molecule has 1 N–H and O–H groups in total. The van der Waals surface area contributed by atoms with Crippen LogP contribution in [-0.2, 0) is 6.42 Å². The lowest BCUT2D eigenvalue weighted by atomic mass is 9.84. The van der Waals surface area contributed by atoms with Gasteiger partial charge in [-0.25, -0.2) is 0 Å². The summed E-state index contributed by atoms with van der Waals surface area (Å²) in [5, 5.41) is 3.55. The lowest BCUT2D eigenvalue weighted by Crippen LogP contribution is -2.43. The molecule has 0 fully saturated rings. The van der Waals surface area contributed by atoms with Crippen molar-refractivity contribution < 1.29 is 9.53 Å². The maximum Gasteiger partial charge on any atom is 0.191 e. The molecular weight excluding hydrogens is 360 g/mol. The van der Waals surface area contributed by atoms with E-state index in [4.69, 9.17) is 4.74 Å². The van der Waals surface area contributed by atoms with Gasteiger partial charge in [0, 0.05) is 40.8 Å². The van der Waals surface area contributed by atoms with Crippen LogP contribution in [0.1, 0.15) is 35.3 Å². The summed E-state index contributed by atoms with van der Waals surface area (Å²) in [6, 6.07) is 17.7. The second-order valence-corrected chi connectivity index (χ2v) is 7.92. The number of carbonyl (C=O) groups is 1. The minimum Gasteiger partial charge on any atom is -0.496 e. The Morgan fingerprint density at radius 2 is 1.93 bits per heavy atom. The Morgan fingerprint density at radius 3 is 2.69 bits per heavy atom. The van der Waals surface area contributed by atoms with Crippen LogP contribution in [0, 0.1) is 0 Å². The van der Waals surface area contributed by atoms with E-state index in [0.717, 1.165) is 28.8 Å². The van der Waals surface area contributed by atoms with Gasteiger partial charge in [-0.1, -0.05) is 30.3 Å². The third kappa shape index (κ3) is 3.92.